The molecule has 5 nitrogen and oxygen atoms in total. The average Bonchev–Trinajstić information content (AvgIpc) is 3.32. The number of fused-ring (bicyclic) bond motifs is 1. The molecule has 4 aromatic rings. The van der Waals surface area contributed by atoms with E-state index in [9.17, 15) is 5.11 Å². The molecule has 0 bridgehead atoms. The lowest BCUT2D eigenvalue weighted by Crippen LogP contribution is -2.07. The van der Waals surface area contributed by atoms with Gasteiger partial charge in [-0.15, -0.1) is 0 Å². The molecule has 9 heteroatoms. The van der Waals surface area contributed by atoms with Crippen molar-refractivity contribution in [2.45, 2.75) is 0 Å². The molecule has 1 aliphatic heterocycles. The van der Waals surface area contributed by atoms with Gasteiger partial charge in [-0.1, -0.05) is 52.7 Å². The number of benzene rings is 2. The van der Waals surface area contributed by atoms with Crippen LogP contribution >= 0.6 is 46.8 Å². The number of hydrogen-bond acceptors (Lipinski definition) is 7. The molecule has 2 aromatic carbocycles. The van der Waals surface area contributed by atoms with E-state index in [1.165, 1.54) is 11.3 Å². The van der Waals surface area contributed by atoms with Crippen molar-refractivity contribution in [1.29, 1.82) is 0 Å². The second-order valence-corrected chi connectivity index (χ2v) is 9.06. The minimum atomic E-state index is -0.187. The van der Waals surface area contributed by atoms with Gasteiger partial charge in [-0.25, -0.2) is 15.0 Å². The maximum atomic E-state index is 9.80. The predicted octanol–water partition coefficient (Wildman–Crippen LogP) is 5.69. The van der Waals surface area contributed by atoms with Gasteiger partial charge in [0.15, 0.2) is 5.84 Å². The molecule has 0 amide bonds. The molecule has 0 saturated carbocycles. The summed E-state index contributed by atoms with van der Waals surface area (Å²) in [4.78, 5) is 14.5. The Morgan fingerprint density at radius 3 is 2.58 bits per heavy atom. The van der Waals surface area contributed by atoms with E-state index in [2.05, 4.69) is 9.98 Å². The normalized spacial score (nSPS) is 13.1. The number of hydrogen-bond donors (Lipinski definition) is 1. The molecule has 0 radical (unpaired) electrons. The fraction of sp³-hybridized carbons (Fsp3) is 0. The number of aromatic nitrogens is 1. The van der Waals surface area contributed by atoms with Crippen molar-refractivity contribution < 1.29 is 9.52 Å². The summed E-state index contributed by atoms with van der Waals surface area (Å²) >= 11 is 18.3. The van der Waals surface area contributed by atoms with Crippen LogP contribution in [0.5, 0.6) is 5.95 Å². The Kier molecular flexibility index (Phi) is 5.19. The molecule has 1 aliphatic rings. The van der Waals surface area contributed by atoms with Crippen molar-refractivity contribution in [3.05, 3.63) is 89.8 Å². The van der Waals surface area contributed by atoms with Crippen LogP contribution in [0, 0.1) is 4.02 Å². The molecule has 2 aromatic heterocycles. The minimum absolute atomic E-state index is 0.187. The van der Waals surface area contributed by atoms with E-state index in [-0.39, 0.29) is 9.97 Å². The quantitative estimate of drug-likeness (QED) is 0.380. The number of rotatable bonds is 3. The van der Waals surface area contributed by atoms with Gasteiger partial charge in [0.25, 0.3) is 4.02 Å². The molecule has 0 fully saturated rings. The van der Waals surface area contributed by atoms with Crippen LogP contribution in [0.1, 0.15) is 10.6 Å². The van der Waals surface area contributed by atoms with Crippen molar-refractivity contribution >= 4 is 64.4 Å². The Bertz CT molecular complexity index is 1560. The summed E-state index contributed by atoms with van der Waals surface area (Å²) < 4.78 is 5.27. The summed E-state index contributed by atoms with van der Waals surface area (Å²) in [6, 6.07) is 16.7. The highest BCUT2D eigenvalue weighted by molar-refractivity contribution is 7.73. The highest BCUT2D eigenvalue weighted by atomic mass is 35.5. The van der Waals surface area contributed by atoms with Crippen molar-refractivity contribution in [2.24, 2.45) is 9.98 Å². The highest BCUT2D eigenvalue weighted by Crippen LogP contribution is 2.28. The van der Waals surface area contributed by atoms with Crippen LogP contribution in [0.15, 0.2) is 69.0 Å². The zero-order valence-electron chi connectivity index (χ0n) is 15.5. The summed E-state index contributed by atoms with van der Waals surface area (Å²) in [5.74, 6) is 0.337. The Morgan fingerprint density at radius 1 is 0.968 bits per heavy atom. The van der Waals surface area contributed by atoms with Crippen molar-refractivity contribution in [1.82, 2.24) is 4.98 Å². The molecule has 3 heterocycles. The first-order valence-electron chi connectivity index (χ1n) is 9.01. The van der Waals surface area contributed by atoms with E-state index in [0.717, 1.165) is 27.5 Å². The van der Waals surface area contributed by atoms with Gasteiger partial charge in [0.05, 0.1) is 26.8 Å². The number of nitrogens with zero attached hydrogens (tertiary/aromatic N) is 3. The second kappa shape index (κ2) is 8.01. The smallest absolute Gasteiger partial charge is 0.301 e. The van der Waals surface area contributed by atoms with Crippen LogP contribution in [0.3, 0.4) is 0 Å². The van der Waals surface area contributed by atoms with Crippen LogP contribution in [-0.2, 0) is 0 Å². The topological polar surface area (TPSA) is 71.0 Å². The van der Waals surface area contributed by atoms with Gasteiger partial charge in [0, 0.05) is 5.56 Å². The van der Waals surface area contributed by atoms with Gasteiger partial charge in [-0.2, -0.15) is 0 Å². The molecule has 5 rings (SSSR count). The lowest BCUT2D eigenvalue weighted by molar-refractivity contribution is 0.327. The van der Waals surface area contributed by atoms with Crippen LogP contribution in [-0.4, -0.2) is 15.9 Å². The Morgan fingerprint density at radius 2 is 1.81 bits per heavy atom. The van der Waals surface area contributed by atoms with E-state index in [1.54, 1.807) is 18.2 Å². The number of amidine groups is 1. The van der Waals surface area contributed by atoms with Gasteiger partial charge in [0.1, 0.15) is 10.6 Å². The van der Waals surface area contributed by atoms with E-state index < -0.39 is 0 Å². The number of aliphatic imine (C=N–C) groups is 1. The lowest BCUT2D eigenvalue weighted by atomic mass is 10.1. The van der Waals surface area contributed by atoms with Crippen LogP contribution in [0.25, 0.3) is 17.3 Å². The Balaban J connectivity index is 1.51. The maximum absolute atomic E-state index is 9.80. The number of pyridine rings is 1. The maximum Gasteiger partial charge on any atom is 0.301 e. The zero-order valence-corrected chi connectivity index (χ0v) is 18.7. The van der Waals surface area contributed by atoms with Crippen molar-refractivity contribution in [3.63, 3.8) is 0 Å². The molecule has 0 aliphatic carbocycles. The molecule has 31 heavy (non-hydrogen) atoms. The molecule has 1 N–H and O–H groups in total. The fourth-order valence-electron chi connectivity index (χ4n) is 3.08. The SMILES string of the molecule is Oc1oc(=S)sc1/C=c1\ccc2c(c1)N=C(c1cccc(-c3ccc(Cl)c(Cl)c3)n1)N=2. The van der Waals surface area contributed by atoms with Gasteiger partial charge >= 0.3 is 5.95 Å². The third-order valence-electron chi connectivity index (χ3n) is 4.53. The van der Waals surface area contributed by atoms with E-state index >= 15 is 0 Å². The monoisotopic (exact) mass is 483 g/mol. The summed E-state index contributed by atoms with van der Waals surface area (Å²) in [5, 5.41) is 12.4. The van der Waals surface area contributed by atoms with Gasteiger partial charge in [-0.3, -0.25) is 0 Å². The zero-order chi connectivity index (χ0) is 21.5. The first-order valence-corrected chi connectivity index (χ1v) is 11.0. The Hall–Kier alpha value is -2.84. The van der Waals surface area contributed by atoms with Crippen LogP contribution in [0.2, 0.25) is 10.0 Å². The first kappa shape index (κ1) is 20.1. The van der Waals surface area contributed by atoms with E-state index in [0.29, 0.717) is 26.5 Å². The van der Waals surface area contributed by atoms with E-state index in [4.69, 9.17) is 44.8 Å². The molecule has 0 unspecified atom stereocenters. The Labute approximate surface area is 195 Å². The van der Waals surface area contributed by atoms with Crippen molar-refractivity contribution in [2.75, 3.05) is 0 Å². The minimum Gasteiger partial charge on any atom is -0.480 e. The third kappa shape index (κ3) is 4.05. The largest absolute Gasteiger partial charge is 0.480 e. The van der Waals surface area contributed by atoms with E-state index in [1.807, 2.05) is 42.5 Å². The number of aromatic hydroxyl groups is 1. The molecule has 152 valence electrons. The molecule has 0 atom stereocenters. The first-order chi connectivity index (χ1) is 15.0. The van der Waals surface area contributed by atoms with Crippen LogP contribution < -0.4 is 10.6 Å². The van der Waals surface area contributed by atoms with Gasteiger partial charge < -0.3 is 9.52 Å². The number of halogens is 2. The molecule has 0 spiro atoms. The third-order valence-corrected chi connectivity index (χ3v) is 6.36. The summed E-state index contributed by atoms with van der Waals surface area (Å²) in [7, 11) is 0. The molecular weight excluding hydrogens is 473 g/mol. The predicted molar refractivity (Wildman–Crippen MR) is 126 cm³/mol. The van der Waals surface area contributed by atoms with Crippen LogP contribution in [0.4, 0.5) is 5.69 Å². The highest BCUT2D eigenvalue weighted by Gasteiger charge is 2.13. The fourth-order valence-corrected chi connectivity index (χ4v) is 4.35. The van der Waals surface area contributed by atoms with Gasteiger partial charge in [-0.05, 0) is 59.9 Å². The van der Waals surface area contributed by atoms with Crippen molar-refractivity contribution in [3.8, 4) is 17.2 Å². The molecular formula is C22H11Cl2N3O2S2. The van der Waals surface area contributed by atoms with Gasteiger partial charge in [0.2, 0.25) is 0 Å². The average molecular weight is 484 g/mol. The summed E-state index contributed by atoms with van der Waals surface area (Å²) in [6.07, 6.45) is 1.79. The standard InChI is InChI=1S/C22H11Cl2N3O2S2/c23-13-6-5-12(10-14(13)24)15-2-1-3-17(25-15)20-26-16-7-4-11(8-18(16)27-20)9-19-21(28)29-22(30)31-19/h1-10,28H/b11-9+. The second-order valence-electron chi connectivity index (χ2n) is 6.60. The summed E-state index contributed by atoms with van der Waals surface area (Å²) in [6.45, 7) is 0. The lowest BCUT2D eigenvalue weighted by Gasteiger charge is -2.05. The molecule has 0 saturated heterocycles. The summed E-state index contributed by atoms with van der Waals surface area (Å²) in [5.41, 5.74) is 2.97.